The summed E-state index contributed by atoms with van der Waals surface area (Å²) in [5.74, 6) is -0.947. The molecule has 1 N–H and O–H groups in total. The number of hydrogen-bond donors (Lipinski definition) is 1. The van der Waals surface area contributed by atoms with E-state index in [1.54, 1.807) is 35.3 Å². The first-order valence-corrected chi connectivity index (χ1v) is 8.03. The molecule has 132 valence electrons. The first-order valence-electron chi connectivity index (χ1n) is 8.03. The molecule has 0 saturated carbocycles. The van der Waals surface area contributed by atoms with Crippen molar-refractivity contribution in [2.24, 2.45) is 0 Å². The van der Waals surface area contributed by atoms with Crippen LogP contribution >= 0.6 is 0 Å². The molecule has 0 fully saturated rings. The molecule has 7 nitrogen and oxygen atoms in total. The number of amides is 1. The zero-order valence-electron chi connectivity index (χ0n) is 14.5. The van der Waals surface area contributed by atoms with Crippen molar-refractivity contribution in [3.63, 3.8) is 0 Å². The highest BCUT2D eigenvalue weighted by atomic mass is 16.5. The second kappa shape index (κ2) is 7.60. The highest BCUT2D eigenvalue weighted by Gasteiger charge is 2.12. The summed E-state index contributed by atoms with van der Waals surface area (Å²) in [6.07, 6.45) is 2.99. The molecule has 0 unspecified atom stereocenters. The Morgan fingerprint density at radius 1 is 1.12 bits per heavy atom. The monoisotopic (exact) mass is 350 g/mol. The summed E-state index contributed by atoms with van der Waals surface area (Å²) in [6, 6.07) is 12.3. The quantitative estimate of drug-likeness (QED) is 0.715. The van der Waals surface area contributed by atoms with E-state index in [-0.39, 0.29) is 12.5 Å². The number of hydrogen-bond acceptors (Lipinski definition) is 5. The van der Waals surface area contributed by atoms with E-state index >= 15 is 0 Å². The van der Waals surface area contributed by atoms with Gasteiger partial charge in [-0.05, 0) is 55.3 Å². The molecule has 7 heteroatoms. The number of nitrogens with zero attached hydrogens (tertiary/aromatic N) is 3. The number of rotatable bonds is 5. The Morgan fingerprint density at radius 2 is 1.88 bits per heavy atom. The fourth-order valence-electron chi connectivity index (χ4n) is 2.38. The SMILES string of the molecule is Cc1cccc(NC(=O)COC(=O)c2ccc(-n3cncn3)cc2)c1C. The van der Waals surface area contributed by atoms with E-state index in [4.69, 9.17) is 4.74 Å². The van der Waals surface area contributed by atoms with E-state index in [1.807, 2.05) is 32.0 Å². The molecule has 2 aromatic carbocycles. The van der Waals surface area contributed by atoms with Crippen LogP contribution in [0, 0.1) is 13.8 Å². The van der Waals surface area contributed by atoms with Gasteiger partial charge in [-0.1, -0.05) is 12.1 Å². The Hall–Kier alpha value is -3.48. The number of aryl methyl sites for hydroxylation is 1. The number of aromatic nitrogens is 3. The summed E-state index contributed by atoms with van der Waals surface area (Å²) in [5.41, 5.74) is 3.89. The molecule has 1 amide bonds. The first kappa shape index (κ1) is 17.3. The van der Waals surface area contributed by atoms with E-state index in [0.717, 1.165) is 16.8 Å². The highest BCUT2D eigenvalue weighted by molar-refractivity contribution is 5.96. The van der Waals surface area contributed by atoms with Gasteiger partial charge < -0.3 is 10.1 Å². The van der Waals surface area contributed by atoms with Crippen LogP contribution < -0.4 is 5.32 Å². The minimum Gasteiger partial charge on any atom is -0.452 e. The highest BCUT2D eigenvalue weighted by Crippen LogP contribution is 2.17. The Morgan fingerprint density at radius 3 is 2.58 bits per heavy atom. The number of nitrogens with one attached hydrogen (secondary N) is 1. The molecule has 0 spiro atoms. The van der Waals surface area contributed by atoms with Gasteiger partial charge in [0.25, 0.3) is 5.91 Å². The van der Waals surface area contributed by atoms with Gasteiger partial charge in [-0.2, -0.15) is 5.10 Å². The summed E-state index contributed by atoms with van der Waals surface area (Å²) in [5, 5.41) is 6.76. The molecule has 26 heavy (non-hydrogen) atoms. The molecule has 0 atom stereocenters. The van der Waals surface area contributed by atoms with E-state index in [2.05, 4.69) is 15.4 Å². The average Bonchev–Trinajstić information content (AvgIpc) is 3.18. The van der Waals surface area contributed by atoms with Crippen molar-refractivity contribution >= 4 is 17.6 Å². The smallest absolute Gasteiger partial charge is 0.338 e. The van der Waals surface area contributed by atoms with Crippen LogP contribution in [-0.2, 0) is 9.53 Å². The van der Waals surface area contributed by atoms with Gasteiger partial charge in [0.05, 0.1) is 11.3 Å². The maximum atomic E-state index is 12.1. The van der Waals surface area contributed by atoms with Gasteiger partial charge in [0, 0.05) is 5.69 Å². The number of ether oxygens (including phenoxy) is 1. The fraction of sp³-hybridized carbons (Fsp3) is 0.158. The van der Waals surface area contributed by atoms with Crippen LogP contribution in [0.2, 0.25) is 0 Å². The molecule has 0 aliphatic carbocycles. The summed E-state index contributed by atoms with van der Waals surface area (Å²) in [4.78, 5) is 28.0. The first-order chi connectivity index (χ1) is 12.5. The molecule has 3 aromatic rings. The van der Waals surface area contributed by atoms with Crippen LogP contribution in [0.1, 0.15) is 21.5 Å². The predicted octanol–water partition coefficient (Wildman–Crippen LogP) is 2.68. The maximum absolute atomic E-state index is 12.1. The lowest BCUT2D eigenvalue weighted by Crippen LogP contribution is -2.21. The van der Waals surface area contributed by atoms with E-state index in [1.165, 1.54) is 6.33 Å². The molecule has 0 aliphatic rings. The molecule has 1 heterocycles. The second-order valence-electron chi connectivity index (χ2n) is 5.76. The summed E-state index contributed by atoms with van der Waals surface area (Å²) >= 11 is 0. The molecule has 0 saturated heterocycles. The van der Waals surface area contributed by atoms with Crippen LogP contribution in [-0.4, -0.2) is 33.2 Å². The van der Waals surface area contributed by atoms with Crippen LogP contribution in [0.4, 0.5) is 5.69 Å². The van der Waals surface area contributed by atoms with Gasteiger partial charge in [0.2, 0.25) is 0 Å². The lowest BCUT2D eigenvalue weighted by molar-refractivity contribution is -0.119. The summed E-state index contributed by atoms with van der Waals surface area (Å²) in [6.45, 7) is 3.54. The number of benzene rings is 2. The number of anilines is 1. The Kier molecular flexibility index (Phi) is 5.07. The van der Waals surface area contributed by atoms with Crippen molar-refractivity contribution < 1.29 is 14.3 Å². The Labute approximate surface area is 150 Å². The zero-order chi connectivity index (χ0) is 18.5. The lowest BCUT2D eigenvalue weighted by Gasteiger charge is -2.10. The summed E-state index contributed by atoms with van der Waals surface area (Å²) < 4.78 is 6.65. The zero-order valence-corrected chi connectivity index (χ0v) is 14.5. The van der Waals surface area contributed by atoms with E-state index in [0.29, 0.717) is 11.3 Å². The Balaban J connectivity index is 1.56. The van der Waals surface area contributed by atoms with Gasteiger partial charge in [0.15, 0.2) is 6.61 Å². The van der Waals surface area contributed by atoms with Crippen molar-refractivity contribution in [2.75, 3.05) is 11.9 Å². The minimum atomic E-state index is -0.564. The molecular weight excluding hydrogens is 332 g/mol. The van der Waals surface area contributed by atoms with Gasteiger partial charge in [-0.3, -0.25) is 4.79 Å². The van der Waals surface area contributed by atoms with E-state index < -0.39 is 5.97 Å². The van der Waals surface area contributed by atoms with Gasteiger partial charge in [-0.25, -0.2) is 14.5 Å². The van der Waals surface area contributed by atoms with Crippen molar-refractivity contribution in [2.45, 2.75) is 13.8 Å². The number of carbonyl (C=O) groups excluding carboxylic acids is 2. The standard InChI is InChI=1S/C19H18N4O3/c1-13-4-3-5-17(14(13)2)22-18(24)10-26-19(25)15-6-8-16(9-7-15)23-12-20-11-21-23/h3-9,11-12H,10H2,1-2H3,(H,22,24). The number of carbonyl (C=O) groups is 2. The predicted molar refractivity (Wildman–Crippen MR) is 96.2 cm³/mol. The normalized spacial score (nSPS) is 10.4. The number of esters is 1. The second-order valence-corrected chi connectivity index (χ2v) is 5.76. The largest absolute Gasteiger partial charge is 0.452 e. The third-order valence-corrected chi connectivity index (χ3v) is 4.00. The molecule has 3 rings (SSSR count). The van der Waals surface area contributed by atoms with Gasteiger partial charge >= 0.3 is 5.97 Å². The third kappa shape index (κ3) is 3.94. The molecule has 1 aromatic heterocycles. The van der Waals surface area contributed by atoms with Crippen LogP contribution in [0.5, 0.6) is 0 Å². The van der Waals surface area contributed by atoms with Crippen molar-refractivity contribution in [3.05, 3.63) is 71.8 Å². The van der Waals surface area contributed by atoms with E-state index in [9.17, 15) is 9.59 Å². The van der Waals surface area contributed by atoms with Crippen LogP contribution in [0.25, 0.3) is 5.69 Å². The van der Waals surface area contributed by atoms with Crippen molar-refractivity contribution in [1.29, 1.82) is 0 Å². The van der Waals surface area contributed by atoms with Gasteiger partial charge in [0.1, 0.15) is 12.7 Å². The van der Waals surface area contributed by atoms with Gasteiger partial charge in [-0.15, -0.1) is 0 Å². The fourth-order valence-corrected chi connectivity index (χ4v) is 2.38. The molecular formula is C19H18N4O3. The molecule has 0 aliphatic heterocycles. The van der Waals surface area contributed by atoms with Crippen LogP contribution in [0.15, 0.2) is 55.1 Å². The topological polar surface area (TPSA) is 86.1 Å². The molecule has 0 radical (unpaired) electrons. The molecule has 0 bridgehead atoms. The third-order valence-electron chi connectivity index (χ3n) is 4.00. The lowest BCUT2D eigenvalue weighted by atomic mass is 10.1. The minimum absolute atomic E-state index is 0.350. The Bertz CT molecular complexity index is 918. The van der Waals surface area contributed by atoms with Crippen molar-refractivity contribution in [3.8, 4) is 5.69 Å². The summed E-state index contributed by atoms with van der Waals surface area (Å²) in [7, 11) is 0. The van der Waals surface area contributed by atoms with Crippen molar-refractivity contribution in [1.82, 2.24) is 14.8 Å². The average molecular weight is 350 g/mol. The van der Waals surface area contributed by atoms with Crippen LogP contribution in [0.3, 0.4) is 0 Å². The maximum Gasteiger partial charge on any atom is 0.338 e.